The lowest BCUT2D eigenvalue weighted by molar-refractivity contribution is 0.229. The minimum Gasteiger partial charge on any atom is -0.382 e. The van der Waals surface area contributed by atoms with E-state index in [4.69, 9.17) is 4.55 Å². The minimum atomic E-state index is -4.67. The topological polar surface area (TPSA) is 136 Å². The monoisotopic (exact) mass is 277 g/mol. The number of aliphatic hydroxyl groups is 1. The molecule has 5 N–H and O–H groups in total. The molecule has 0 bridgehead atoms. The van der Waals surface area contributed by atoms with Gasteiger partial charge in [0.25, 0.3) is 10.1 Å². The average molecular weight is 277 g/mol. The van der Waals surface area contributed by atoms with Crippen molar-refractivity contribution in [3.63, 3.8) is 0 Å². The average Bonchev–Trinajstić information content (AvgIpc) is 2.34. The van der Waals surface area contributed by atoms with Crippen molar-refractivity contribution in [2.45, 2.75) is 5.44 Å². The molecule has 9 nitrogen and oxygen atoms in total. The summed E-state index contributed by atoms with van der Waals surface area (Å²) < 4.78 is 30.5. The first-order valence-corrected chi connectivity index (χ1v) is 6.45. The molecule has 102 valence electrons. The zero-order chi connectivity index (χ0) is 13.9. The Kier molecular flexibility index (Phi) is 4.27. The van der Waals surface area contributed by atoms with Gasteiger partial charge in [0.2, 0.25) is 5.44 Å². The molecule has 1 unspecified atom stereocenters. The summed E-state index contributed by atoms with van der Waals surface area (Å²) in [5, 5.41) is 17.7. The first-order chi connectivity index (χ1) is 8.35. The molecule has 1 rings (SSSR count). The van der Waals surface area contributed by atoms with E-state index in [1.54, 1.807) is 21.1 Å². The second kappa shape index (κ2) is 5.33. The fourth-order valence-electron chi connectivity index (χ4n) is 1.32. The van der Waals surface area contributed by atoms with Crippen molar-refractivity contribution in [3.8, 4) is 0 Å². The van der Waals surface area contributed by atoms with Crippen LogP contribution in [-0.4, -0.2) is 49.2 Å². The zero-order valence-electron chi connectivity index (χ0n) is 10.1. The molecule has 0 aliphatic heterocycles. The van der Waals surface area contributed by atoms with Gasteiger partial charge in [-0.15, -0.1) is 0 Å². The molecular weight excluding hydrogens is 262 g/mol. The van der Waals surface area contributed by atoms with Crippen LogP contribution in [0, 0.1) is 0 Å². The molecule has 0 saturated heterocycles. The second-order valence-corrected chi connectivity index (χ2v) is 4.75. The zero-order valence-corrected chi connectivity index (χ0v) is 10.9. The fourth-order valence-corrected chi connectivity index (χ4v) is 1.69. The Morgan fingerprint density at radius 3 is 1.78 bits per heavy atom. The van der Waals surface area contributed by atoms with Gasteiger partial charge >= 0.3 is 0 Å². The standard InChI is InChI=1S/C8H15N5O4S/c1-9-4-5(10-2)12-7(13-6(4)11-3)8(14)18(15,16)17/h8-9,14H,1-3H3,(H,15,16,17)(H2,10,11,12,13). The van der Waals surface area contributed by atoms with E-state index in [1.807, 2.05) is 0 Å². The predicted octanol–water partition coefficient (Wildman–Crippen LogP) is -0.520. The van der Waals surface area contributed by atoms with E-state index < -0.39 is 21.4 Å². The van der Waals surface area contributed by atoms with E-state index in [1.165, 1.54) is 0 Å². The lowest BCUT2D eigenvalue weighted by Crippen LogP contribution is -2.17. The maximum absolute atomic E-state index is 10.9. The molecule has 0 fully saturated rings. The molecule has 0 spiro atoms. The van der Waals surface area contributed by atoms with Crippen molar-refractivity contribution >= 4 is 27.4 Å². The number of hydrogen-bond acceptors (Lipinski definition) is 8. The fraction of sp³-hybridized carbons (Fsp3) is 0.500. The quantitative estimate of drug-likeness (QED) is 0.450. The van der Waals surface area contributed by atoms with Crippen LogP contribution in [0.1, 0.15) is 11.3 Å². The Balaban J connectivity index is 3.41. The Morgan fingerprint density at radius 1 is 1.06 bits per heavy atom. The molecule has 0 aliphatic rings. The van der Waals surface area contributed by atoms with E-state index >= 15 is 0 Å². The number of nitrogens with one attached hydrogen (secondary N) is 3. The molecule has 0 aliphatic carbocycles. The van der Waals surface area contributed by atoms with Crippen LogP contribution >= 0.6 is 0 Å². The van der Waals surface area contributed by atoms with E-state index in [2.05, 4.69) is 25.9 Å². The van der Waals surface area contributed by atoms with Crippen LogP contribution in [0.25, 0.3) is 0 Å². The van der Waals surface area contributed by atoms with E-state index in [9.17, 15) is 13.5 Å². The molecule has 1 aromatic rings. The Hall–Kier alpha value is -1.65. The van der Waals surface area contributed by atoms with Crippen LogP contribution in [-0.2, 0) is 10.1 Å². The maximum atomic E-state index is 10.9. The first-order valence-electron chi connectivity index (χ1n) is 4.94. The van der Waals surface area contributed by atoms with Crippen LogP contribution < -0.4 is 16.0 Å². The normalized spacial score (nSPS) is 12.9. The van der Waals surface area contributed by atoms with Crippen LogP contribution in [0.2, 0.25) is 0 Å². The number of hydrogen-bond donors (Lipinski definition) is 5. The van der Waals surface area contributed by atoms with Crippen molar-refractivity contribution in [2.24, 2.45) is 0 Å². The van der Waals surface area contributed by atoms with Gasteiger partial charge in [0.05, 0.1) is 0 Å². The number of nitrogens with zero attached hydrogens (tertiary/aromatic N) is 2. The lowest BCUT2D eigenvalue weighted by Gasteiger charge is -2.15. The molecule has 0 amide bonds. The van der Waals surface area contributed by atoms with Gasteiger partial charge in [0, 0.05) is 21.1 Å². The predicted molar refractivity (Wildman–Crippen MR) is 67.2 cm³/mol. The van der Waals surface area contributed by atoms with Gasteiger partial charge in [-0.25, -0.2) is 9.97 Å². The molecule has 18 heavy (non-hydrogen) atoms. The van der Waals surface area contributed by atoms with Gasteiger partial charge in [-0.3, -0.25) is 4.55 Å². The Morgan fingerprint density at radius 2 is 1.50 bits per heavy atom. The van der Waals surface area contributed by atoms with E-state index in [0.717, 1.165) is 0 Å². The van der Waals surface area contributed by atoms with Gasteiger partial charge < -0.3 is 21.1 Å². The van der Waals surface area contributed by atoms with Gasteiger partial charge in [-0.2, -0.15) is 8.42 Å². The highest BCUT2D eigenvalue weighted by molar-refractivity contribution is 7.85. The van der Waals surface area contributed by atoms with Crippen LogP contribution in [0.15, 0.2) is 0 Å². The summed E-state index contributed by atoms with van der Waals surface area (Å²) in [5.41, 5.74) is -1.69. The molecule has 1 atom stereocenters. The third-order valence-corrected chi connectivity index (χ3v) is 2.93. The van der Waals surface area contributed by atoms with Gasteiger partial charge in [0.15, 0.2) is 17.5 Å². The molecule has 1 aromatic heterocycles. The van der Waals surface area contributed by atoms with Crippen molar-refractivity contribution in [3.05, 3.63) is 5.82 Å². The van der Waals surface area contributed by atoms with Crippen molar-refractivity contribution in [1.29, 1.82) is 0 Å². The summed E-state index contributed by atoms with van der Waals surface area (Å²) in [6, 6.07) is 0. The summed E-state index contributed by atoms with van der Waals surface area (Å²) in [7, 11) is 0.119. The second-order valence-electron chi connectivity index (χ2n) is 3.27. The number of aromatic nitrogens is 2. The summed E-state index contributed by atoms with van der Waals surface area (Å²) in [4.78, 5) is 7.65. The van der Waals surface area contributed by atoms with Crippen LogP contribution in [0.3, 0.4) is 0 Å². The highest BCUT2D eigenvalue weighted by atomic mass is 32.2. The SMILES string of the molecule is CNc1nc(C(O)S(=O)(=O)O)nc(NC)c1NC. The van der Waals surface area contributed by atoms with E-state index in [0.29, 0.717) is 5.69 Å². The summed E-state index contributed by atoms with van der Waals surface area (Å²) >= 11 is 0. The lowest BCUT2D eigenvalue weighted by atomic mass is 10.4. The highest BCUT2D eigenvalue weighted by Gasteiger charge is 2.27. The van der Waals surface area contributed by atoms with E-state index in [-0.39, 0.29) is 11.6 Å². The van der Waals surface area contributed by atoms with Crippen molar-refractivity contribution in [1.82, 2.24) is 9.97 Å². The van der Waals surface area contributed by atoms with Gasteiger partial charge in [0.1, 0.15) is 5.69 Å². The molecular formula is C8H15N5O4S. The molecule has 0 saturated carbocycles. The van der Waals surface area contributed by atoms with Crippen molar-refractivity contribution < 1.29 is 18.1 Å². The molecule has 10 heteroatoms. The maximum Gasteiger partial charge on any atom is 0.299 e. The third-order valence-electron chi connectivity index (χ3n) is 2.15. The molecule has 0 radical (unpaired) electrons. The largest absolute Gasteiger partial charge is 0.382 e. The molecule has 0 aromatic carbocycles. The van der Waals surface area contributed by atoms with Gasteiger partial charge in [-0.05, 0) is 0 Å². The minimum absolute atomic E-state index is 0.287. The number of aliphatic hydroxyl groups excluding tert-OH is 1. The third kappa shape index (κ3) is 2.78. The van der Waals surface area contributed by atoms with Crippen molar-refractivity contribution in [2.75, 3.05) is 37.1 Å². The number of rotatable bonds is 5. The first kappa shape index (κ1) is 14.4. The summed E-state index contributed by atoms with van der Waals surface area (Å²) in [5.74, 6) is 0.148. The Bertz CT molecular complexity index is 507. The smallest absolute Gasteiger partial charge is 0.299 e. The summed E-state index contributed by atoms with van der Waals surface area (Å²) in [6.07, 6.45) is 0. The number of anilines is 3. The Labute approximate surface area is 104 Å². The summed E-state index contributed by atoms with van der Waals surface area (Å²) in [6.45, 7) is 0. The van der Waals surface area contributed by atoms with Crippen LogP contribution in [0.4, 0.5) is 17.3 Å². The molecule has 1 heterocycles. The highest BCUT2D eigenvalue weighted by Crippen LogP contribution is 2.28. The van der Waals surface area contributed by atoms with Crippen LogP contribution in [0.5, 0.6) is 0 Å². The van der Waals surface area contributed by atoms with Gasteiger partial charge in [-0.1, -0.05) is 0 Å².